The van der Waals surface area contributed by atoms with Gasteiger partial charge in [-0.05, 0) is 29.7 Å². The first kappa shape index (κ1) is 16.7. The molecule has 4 nitrogen and oxygen atoms in total. The summed E-state index contributed by atoms with van der Waals surface area (Å²) in [7, 11) is 0. The Morgan fingerprint density at radius 3 is 2.09 bits per heavy atom. The van der Waals surface area contributed by atoms with Gasteiger partial charge < -0.3 is 9.47 Å². The first-order chi connectivity index (χ1) is 11.2. The van der Waals surface area contributed by atoms with Crippen LogP contribution in [-0.4, -0.2) is 18.5 Å². The summed E-state index contributed by atoms with van der Waals surface area (Å²) < 4.78 is 10.1. The van der Waals surface area contributed by atoms with Gasteiger partial charge in [0.1, 0.15) is 5.75 Å². The highest BCUT2D eigenvalue weighted by atomic mass is 16.5. The largest absolute Gasteiger partial charge is 0.466 e. The Morgan fingerprint density at radius 2 is 1.43 bits per heavy atom. The van der Waals surface area contributed by atoms with Crippen molar-refractivity contribution >= 4 is 11.9 Å². The highest BCUT2D eigenvalue weighted by molar-refractivity contribution is 5.79. The van der Waals surface area contributed by atoms with E-state index in [0.29, 0.717) is 12.4 Å². The molecule has 0 spiro atoms. The molecule has 0 radical (unpaired) electrons. The summed E-state index contributed by atoms with van der Waals surface area (Å²) in [6.45, 7) is 2.30. The van der Waals surface area contributed by atoms with Crippen molar-refractivity contribution in [3.05, 3.63) is 54.6 Å². The third-order valence-corrected chi connectivity index (χ3v) is 3.19. The van der Waals surface area contributed by atoms with E-state index in [1.807, 2.05) is 49.4 Å². The number of benzene rings is 2. The fraction of sp³-hybridized carbons (Fsp3) is 0.263. The zero-order chi connectivity index (χ0) is 16.5. The first-order valence-electron chi connectivity index (χ1n) is 7.71. The first-order valence-corrected chi connectivity index (χ1v) is 7.71. The molecule has 0 saturated heterocycles. The number of hydrogen-bond donors (Lipinski definition) is 0. The molecule has 0 heterocycles. The van der Waals surface area contributed by atoms with Crippen LogP contribution < -0.4 is 4.74 Å². The molecule has 0 unspecified atom stereocenters. The van der Waals surface area contributed by atoms with Crippen LogP contribution in [0.15, 0.2) is 54.6 Å². The molecule has 0 saturated carbocycles. The molecule has 120 valence electrons. The van der Waals surface area contributed by atoms with E-state index in [1.165, 1.54) is 0 Å². The van der Waals surface area contributed by atoms with Crippen LogP contribution in [-0.2, 0) is 14.3 Å². The summed E-state index contributed by atoms with van der Waals surface area (Å²) in [6, 6.07) is 17.2. The Hall–Kier alpha value is -2.62. The van der Waals surface area contributed by atoms with Crippen molar-refractivity contribution in [1.82, 2.24) is 0 Å². The third-order valence-electron chi connectivity index (χ3n) is 3.19. The average molecular weight is 312 g/mol. The highest BCUT2D eigenvalue weighted by Crippen LogP contribution is 2.22. The number of carbonyl (C=O) groups excluding carboxylic acids is 2. The number of hydrogen-bond acceptors (Lipinski definition) is 4. The van der Waals surface area contributed by atoms with Crippen LogP contribution in [0.1, 0.15) is 26.2 Å². The molecule has 0 aromatic heterocycles. The zero-order valence-electron chi connectivity index (χ0n) is 13.2. The molecule has 2 rings (SSSR count). The lowest BCUT2D eigenvalue weighted by atomic mass is 10.1. The van der Waals surface area contributed by atoms with Crippen LogP contribution in [0.2, 0.25) is 0 Å². The van der Waals surface area contributed by atoms with Gasteiger partial charge in [0.2, 0.25) is 0 Å². The van der Waals surface area contributed by atoms with Gasteiger partial charge in [-0.3, -0.25) is 9.59 Å². The van der Waals surface area contributed by atoms with Gasteiger partial charge in [-0.2, -0.15) is 0 Å². The van der Waals surface area contributed by atoms with Gasteiger partial charge in [-0.1, -0.05) is 49.4 Å². The van der Waals surface area contributed by atoms with E-state index in [4.69, 9.17) is 9.47 Å². The van der Waals surface area contributed by atoms with Crippen molar-refractivity contribution in [2.45, 2.75) is 26.2 Å². The van der Waals surface area contributed by atoms with E-state index in [-0.39, 0.29) is 18.8 Å². The van der Waals surface area contributed by atoms with Crippen LogP contribution in [0.3, 0.4) is 0 Å². The SMILES string of the molecule is CCCOC(=O)CCC(=O)Oc1ccc(-c2ccccc2)cc1. The molecule has 0 amide bonds. The Balaban J connectivity index is 1.84. The molecule has 0 N–H and O–H groups in total. The lowest BCUT2D eigenvalue weighted by molar-refractivity contribution is -0.146. The molecule has 0 fully saturated rings. The van der Waals surface area contributed by atoms with Gasteiger partial charge in [0, 0.05) is 0 Å². The topological polar surface area (TPSA) is 52.6 Å². The fourth-order valence-electron chi connectivity index (χ4n) is 2.02. The Bertz CT molecular complexity index is 632. The van der Waals surface area contributed by atoms with Crippen molar-refractivity contribution in [3.63, 3.8) is 0 Å². The minimum Gasteiger partial charge on any atom is -0.466 e. The molecule has 0 aliphatic rings. The minimum absolute atomic E-state index is 0.0168. The van der Waals surface area contributed by atoms with E-state index >= 15 is 0 Å². The van der Waals surface area contributed by atoms with Crippen molar-refractivity contribution in [2.75, 3.05) is 6.61 Å². The molecular formula is C19H20O4. The second-order valence-electron chi connectivity index (χ2n) is 5.08. The number of esters is 2. The maximum atomic E-state index is 11.7. The van der Waals surface area contributed by atoms with Crippen LogP contribution in [0, 0.1) is 0 Å². The Labute approximate surface area is 136 Å². The molecule has 0 aliphatic carbocycles. The molecule has 0 bridgehead atoms. The molecule has 0 aliphatic heterocycles. The summed E-state index contributed by atoms with van der Waals surface area (Å²) in [5.41, 5.74) is 2.15. The molecule has 2 aromatic carbocycles. The standard InChI is InChI=1S/C19H20O4/c1-2-14-22-18(20)12-13-19(21)23-17-10-8-16(9-11-17)15-6-4-3-5-7-15/h3-11H,2,12-14H2,1H3. The van der Waals surface area contributed by atoms with Crippen molar-refractivity contribution in [2.24, 2.45) is 0 Å². The molecular weight excluding hydrogens is 292 g/mol. The number of carbonyl (C=O) groups is 2. The van der Waals surface area contributed by atoms with E-state index in [9.17, 15) is 9.59 Å². The van der Waals surface area contributed by atoms with Crippen LogP contribution in [0.5, 0.6) is 5.75 Å². The summed E-state index contributed by atoms with van der Waals surface area (Å²) in [6.07, 6.45) is 0.827. The van der Waals surface area contributed by atoms with Gasteiger partial charge in [-0.15, -0.1) is 0 Å². The van der Waals surface area contributed by atoms with Gasteiger partial charge >= 0.3 is 11.9 Å². The lowest BCUT2D eigenvalue weighted by Gasteiger charge is -2.06. The number of rotatable bonds is 7. The Morgan fingerprint density at radius 1 is 0.826 bits per heavy atom. The summed E-state index contributed by atoms with van der Waals surface area (Å²) in [4.78, 5) is 23.0. The maximum absolute atomic E-state index is 11.7. The van der Waals surface area contributed by atoms with Crippen molar-refractivity contribution < 1.29 is 19.1 Å². The smallest absolute Gasteiger partial charge is 0.311 e. The van der Waals surface area contributed by atoms with Crippen LogP contribution in [0.4, 0.5) is 0 Å². The predicted molar refractivity (Wildman–Crippen MR) is 88.0 cm³/mol. The van der Waals surface area contributed by atoms with E-state index < -0.39 is 5.97 Å². The molecule has 2 aromatic rings. The van der Waals surface area contributed by atoms with Crippen LogP contribution in [0.25, 0.3) is 11.1 Å². The van der Waals surface area contributed by atoms with E-state index in [2.05, 4.69) is 0 Å². The Kier molecular flexibility index (Phi) is 6.36. The predicted octanol–water partition coefficient (Wildman–Crippen LogP) is 3.99. The van der Waals surface area contributed by atoms with Crippen molar-refractivity contribution in [3.8, 4) is 16.9 Å². The summed E-state index contributed by atoms with van der Waals surface area (Å²) in [5, 5.41) is 0. The second kappa shape index (κ2) is 8.73. The molecule has 4 heteroatoms. The normalized spacial score (nSPS) is 10.1. The fourth-order valence-corrected chi connectivity index (χ4v) is 2.02. The summed E-state index contributed by atoms with van der Waals surface area (Å²) >= 11 is 0. The van der Waals surface area contributed by atoms with Crippen molar-refractivity contribution in [1.29, 1.82) is 0 Å². The summed E-state index contributed by atoms with van der Waals surface area (Å²) in [5.74, 6) is -0.342. The zero-order valence-corrected chi connectivity index (χ0v) is 13.2. The van der Waals surface area contributed by atoms with Crippen LogP contribution >= 0.6 is 0 Å². The minimum atomic E-state index is -0.439. The molecule has 23 heavy (non-hydrogen) atoms. The number of ether oxygens (including phenoxy) is 2. The highest BCUT2D eigenvalue weighted by Gasteiger charge is 2.10. The van der Waals surface area contributed by atoms with Gasteiger partial charge in [0.05, 0.1) is 19.4 Å². The van der Waals surface area contributed by atoms with Gasteiger partial charge in [-0.25, -0.2) is 0 Å². The quantitative estimate of drug-likeness (QED) is 0.573. The average Bonchev–Trinajstić information content (AvgIpc) is 2.59. The van der Waals surface area contributed by atoms with Gasteiger partial charge in [0.25, 0.3) is 0 Å². The second-order valence-corrected chi connectivity index (χ2v) is 5.08. The third kappa shape index (κ3) is 5.58. The maximum Gasteiger partial charge on any atom is 0.311 e. The monoisotopic (exact) mass is 312 g/mol. The van der Waals surface area contributed by atoms with E-state index in [0.717, 1.165) is 17.5 Å². The molecule has 0 atom stereocenters. The lowest BCUT2D eigenvalue weighted by Crippen LogP contribution is -2.12. The van der Waals surface area contributed by atoms with E-state index in [1.54, 1.807) is 12.1 Å². The van der Waals surface area contributed by atoms with Gasteiger partial charge in [0.15, 0.2) is 0 Å².